The Balaban J connectivity index is 1.39. The molecule has 0 radical (unpaired) electrons. The molecule has 1 heterocycles. The summed E-state index contributed by atoms with van der Waals surface area (Å²) in [6.45, 7) is 6.66. The molecule has 0 spiro atoms. The molecule has 1 saturated heterocycles. The molecule has 182 valence electrons. The van der Waals surface area contributed by atoms with Crippen LogP contribution in [0.1, 0.15) is 55.0 Å². The molecule has 0 saturated carbocycles. The molecule has 2 N–H and O–H groups in total. The van der Waals surface area contributed by atoms with Crippen molar-refractivity contribution in [3.63, 3.8) is 0 Å². The van der Waals surface area contributed by atoms with Gasteiger partial charge in [-0.05, 0) is 66.6 Å². The average molecular weight is 468 g/mol. The zero-order chi connectivity index (χ0) is 24.2. The molecule has 7 heteroatoms. The summed E-state index contributed by atoms with van der Waals surface area (Å²) in [5.74, 6) is 1.54. The number of carbonyl (C=O) groups is 1. The van der Waals surface area contributed by atoms with Gasteiger partial charge >= 0.3 is 6.16 Å². The van der Waals surface area contributed by atoms with Crippen LogP contribution in [0.4, 0.5) is 4.79 Å². The highest BCUT2D eigenvalue weighted by Gasteiger charge is 2.31. The molecular formula is C27H33NO6. The zero-order valence-electron chi connectivity index (χ0n) is 20.0. The molecule has 1 aliphatic heterocycles. The number of aliphatic hydroxyl groups excluding tert-OH is 1. The summed E-state index contributed by atoms with van der Waals surface area (Å²) < 4.78 is 16.4. The van der Waals surface area contributed by atoms with Crippen LogP contribution in [0.5, 0.6) is 11.5 Å². The van der Waals surface area contributed by atoms with Gasteiger partial charge in [0.05, 0.1) is 13.2 Å². The summed E-state index contributed by atoms with van der Waals surface area (Å²) in [6, 6.07) is 12.0. The number of hydrogen-bond donors (Lipinski definition) is 2. The van der Waals surface area contributed by atoms with Crippen molar-refractivity contribution >= 4 is 11.7 Å². The quantitative estimate of drug-likeness (QED) is 0.511. The Hall–Kier alpha value is -3.03. The molecule has 1 unspecified atom stereocenters. The van der Waals surface area contributed by atoms with Crippen LogP contribution in [0.15, 0.2) is 42.0 Å². The first-order valence-corrected chi connectivity index (χ1v) is 11.8. The first-order valence-electron chi connectivity index (χ1n) is 11.8. The van der Waals surface area contributed by atoms with Gasteiger partial charge in [0.1, 0.15) is 24.2 Å². The molecule has 2 aliphatic rings. The summed E-state index contributed by atoms with van der Waals surface area (Å²) in [7, 11) is 1.63. The lowest BCUT2D eigenvalue weighted by atomic mass is 9.85. The smallest absolute Gasteiger partial charge is 0.496 e. The molecule has 1 atom stereocenters. The minimum atomic E-state index is -1.20. The lowest BCUT2D eigenvalue weighted by Gasteiger charge is -2.39. The Kier molecular flexibility index (Phi) is 7.44. The molecule has 0 aromatic heterocycles. The first kappa shape index (κ1) is 24.1. The molecule has 7 nitrogen and oxygen atoms in total. The predicted molar refractivity (Wildman–Crippen MR) is 129 cm³/mol. The third kappa shape index (κ3) is 5.37. The Morgan fingerprint density at radius 1 is 1.18 bits per heavy atom. The van der Waals surface area contributed by atoms with E-state index in [-0.39, 0.29) is 6.10 Å². The number of carboxylic acid groups (broad SMARTS) is 1. The number of allylic oxidation sites excluding steroid dienone is 1. The summed E-state index contributed by atoms with van der Waals surface area (Å²) in [6.07, 6.45) is 0.691. The standard InChI is InChI=1S/C27H33NO6/c1-4-25(29)19-6-8-21(26(12-19)32-3)16-33-22-9-10-24-17(2)20(7-5-18(24)11-22)13-28-14-23(15-28)34-27(30)31/h6,8-12,23,25,29H,4-5,7,13-16H2,1-3H3,(H,30,31). The molecule has 4 rings (SSSR count). The van der Waals surface area contributed by atoms with E-state index in [4.69, 9.17) is 19.3 Å². The van der Waals surface area contributed by atoms with Gasteiger partial charge in [-0.2, -0.15) is 0 Å². The fourth-order valence-electron chi connectivity index (χ4n) is 4.72. The van der Waals surface area contributed by atoms with E-state index in [9.17, 15) is 9.90 Å². The number of rotatable bonds is 9. The largest absolute Gasteiger partial charge is 0.506 e. The average Bonchev–Trinajstić information content (AvgIpc) is 2.81. The van der Waals surface area contributed by atoms with Crippen LogP contribution < -0.4 is 9.47 Å². The molecular weight excluding hydrogens is 434 g/mol. The van der Waals surface area contributed by atoms with Crippen molar-refractivity contribution in [3.05, 3.63) is 64.2 Å². The number of benzene rings is 2. The second kappa shape index (κ2) is 10.5. The number of fused-ring (bicyclic) bond motifs is 1. The second-order valence-corrected chi connectivity index (χ2v) is 9.03. The van der Waals surface area contributed by atoms with Gasteiger partial charge in [-0.25, -0.2) is 4.79 Å². The van der Waals surface area contributed by atoms with Crippen molar-refractivity contribution in [2.45, 2.75) is 51.9 Å². The summed E-state index contributed by atoms with van der Waals surface area (Å²) in [5.41, 5.74) is 7.01. The van der Waals surface area contributed by atoms with Crippen molar-refractivity contribution in [2.75, 3.05) is 26.7 Å². The third-order valence-corrected chi connectivity index (χ3v) is 6.79. The van der Waals surface area contributed by atoms with Crippen LogP contribution in [0.3, 0.4) is 0 Å². The minimum Gasteiger partial charge on any atom is -0.496 e. The minimum absolute atomic E-state index is 0.208. The monoisotopic (exact) mass is 467 g/mol. The molecule has 34 heavy (non-hydrogen) atoms. The zero-order valence-corrected chi connectivity index (χ0v) is 20.0. The number of likely N-dealkylation sites (tertiary alicyclic amines) is 1. The lowest BCUT2D eigenvalue weighted by molar-refractivity contribution is -0.0292. The number of methoxy groups -OCH3 is 1. The molecule has 1 aliphatic carbocycles. The Labute approximate surface area is 200 Å². The van der Waals surface area contributed by atoms with Crippen LogP contribution in [0, 0.1) is 0 Å². The predicted octanol–water partition coefficient (Wildman–Crippen LogP) is 4.82. The molecule has 0 bridgehead atoms. The van der Waals surface area contributed by atoms with E-state index >= 15 is 0 Å². The third-order valence-electron chi connectivity index (χ3n) is 6.79. The van der Waals surface area contributed by atoms with Crippen LogP contribution in [0.25, 0.3) is 5.57 Å². The van der Waals surface area contributed by atoms with Crippen molar-refractivity contribution in [2.24, 2.45) is 0 Å². The Morgan fingerprint density at radius 2 is 1.97 bits per heavy atom. The van der Waals surface area contributed by atoms with Crippen molar-refractivity contribution in [1.82, 2.24) is 4.90 Å². The first-order chi connectivity index (χ1) is 16.4. The maximum atomic E-state index is 10.6. The summed E-state index contributed by atoms with van der Waals surface area (Å²) >= 11 is 0. The van der Waals surface area contributed by atoms with E-state index in [0.29, 0.717) is 31.9 Å². The van der Waals surface area contributed by atoms with Crippen LogP contribution in [0.2, 0.25) is 0 Å². The van der Waals surface area contributed by atoms with Crippen molar-refractivity contribution in [3.8, 4) is 11.5 Å². The van der Waals surface area contributed by atoms with E-state index in [2.05, 4.69) is 24.0 Å². The van der Waals surface area contributed by atoms with Gasteiger partial charge < -0.3 is 24.4 Å². The maximum absolute atomic E-state index is 10.6. The van der Waals surface area contributed by atoms with Crippen LogP contribution in [-0.4, -0.2) is 54.1 Å². The molecule has 0 amide bonds. The molecule has 2 aromatic carbocycles. The fraction of sp³-hybridized carbons (Fsp3) is 0.444. The SMILES string of the molecule is CCC(O)c1ccc(COc2ccc3c(c2)CCC(CN2CC(OC(=O)O)C2)=C3C)c(OC)c1. The number of aliphatic hydroxyl groups is 1. The maximum Gasteiger partial charge on any atom is 0.506 e. The van der Waals surface area contributed by atoms with E-state index in [1.165, 1.54) is 22.3 Å². The van der Waals surface area contributed by atoms with E-state index < -0.39 is 12.3 Å². The fourth-order valence-corrected chi connectivity index (χ4v) is 4.72. The molecule has 2 aromatic rings. The topological polar surface area (TPSA) is 88.5 Å². The number of hydrogen-bond acceptors (Lipinski definition) is 6. The highest BCUT2D eigenvalue weighted by molar-refractivity contribution is 5.72. The van der Waals surface area contributed by atoms with Gasteiger partial charge in [-0.1, -0.05) is 30.7 Å². The van der Waals surface area contributed by atoms with E-state index in [1.54, 1.807) is 7.11 Å². The highest BCUT2D eigenvalue weighted by Crippen LogP contribution is 2.35. The van der Waals surface area contributed by atoms with Gasteiger partial charge in [0, 0.05) is 25.2 Å². The van der Waals surface area contributed by atoms with Gasteiger partial charge in [-0.15, -0.1) is 0 Å². The summed E-state index contributed by atoms with van der Waals surface area (Å²) in [4.78, 5) is 12.9. The van der Waals surface area contributed by atoms with Gasteiger partial charge in [-0.3, -0.25) is 4.90 Å². The van der Waals surface area contributed by atoms with E-state index in [1.807, 2.05) is 31.2 Å². The normalized spacial score (nSPS) is 17.1. The van der Waals surface area contributed by atoms with Crippen molar-refractivity contribution < 1.29 is 29.2 Å². The number of aryl methyl sites for hydroxylation is 1. The van der Waals surface area contributed by atoms with E-state index in [0.717, 1.165) is 36.3 Å². The Morgan fingerprint density at radius 3 is 2.68 bits per heavy atom. The van der Waals surface area contributed by atoms with Crippen molar-refractivity contribution in [1.29, 1.82) is 0 Å². The van der Waals surface area contributed by atoms with Gasteiger partial charge in [0.25, 0.3) is 0 Å². The van der Waals surface area contributed by atoms with Gasteiger partial charge in [0.15, 0.2) is 0 Å². The highest BCUT2D eigenvalue weighted by atomic mass is 16.7. The second-order valence-electron chi connectivity index (χ2n) is 9.03. The number of ether oxygens (including phenoxy) is 3. The Bertz CT molecular complexity index is 1070. The van der Waals surface area contributed by atoms with Crippen LogP contribution >= 0.6 is 0 Å². The lowest BCUT2D eigenvalue weighted by Crippen LogP contribution is -2.53. The van der Waals surface area contributed by atoms with Gasteiger partial charge in [0.2, 0.25) is 0 Å². The molecule has 1 fully saturated rings. The number of nitrogens with zero attached hydrogens (tertiary/aromatic N) is 1. The summed E-state index contributed by atoms with van der Waals surface area (Å²) in [5, 5.41) is 18.8. The van der Waals surface area contributed by atoms with Crippen LogP contribution in [-0.2, 0) is 17.8 Å².